The van der Waals surface area contributed by atoms with Gasteiger partial charge in [-0.25, -0.2) is 9.78 Å². The van der Waals surface area contributed by atoms with Gasteiger partial charge in [-0.2, -0.15) is 4.68 Å². The molecule has 0 saturated carbocycles. The van der Waals surface area contributed by atoms with Crippen LogP contribution in [0.1, 0.15) is 67.6 Å². The molecule has 0 aliphatic heterocycles. The Hall–Kier alpha value is -2.76. The van der Waals surface area contributed by atoms with Crippen LogP contribution < -0.4 is 0 Å². The molecule has 0 bridgehead atoms. The van der Waals surface area contributed by atoms with Gasteiger partial charge in [0.15, 0.2) is 5.65 Å². The van der Waals surface area contributed by atoms with Crippen molar-refractivity contribution in [2.24, 2.45) is 0 Å². The summed E-state index contributed by atoms with van der Waals surface area (Å²) in [7, 11) is 0. The highest BCUT2D eigenvalue weighted by atomic mass is 16.4. The van der Waals surface area contributed by atoms with Crippen molar-refractivity contribution in [1.82, 2.24) is 20.0 Å². The smallest absolute Gasteiger partial charge is 0.337 e. The van der Waals surface area contributed by atoms with Crippen molar-refractivity contribution in [3.05, 3.63) is 46.6 Å². The normalized spacial score (nSPS) is 17.7. The van der Waals surface area contributed by atoms with Gasteiger partial charge in [-0.05, 0) is 59.4 Å². The van der Waals surface area contributed by atoms with Crippen LogP contribution in [0.4, 0.5) is 0 Å². The SMILES string of the molecule is Cc1cc2c(cc1-n1nnc3cc(C(=O)O)cnc31)C(C)(C)CCC2(C)C. The summed E-state index contributed by atoms with van der Waals surface area (Å²) in [5, 5.41) is 17.6. The lowest BCUT2D eigenvalue weighted by Gasteiger charge is -2.42. The number of carboxylic acids is 1. The molecule has 1 aliphatic carbocycles. The van der Waals surface area contributed by atoms with E-state index in [1.807, 2.05) is 0 Å². The molecule has 0 saturated heterocycles. The number of rotatable bonds is 2. The minimum Gasteiger partial charge on any atom is -0.478 e. The lowest BCUT2D eigenvalue weighted by Crippen LogP contribution is -2.34. The maximum absolute atomic E-state index is 11.2. The molecule has 1 N–H and O–H groups in total. The molecule has 0 amide bonds. The van der Waals surface area contributed by atoms with Crippen LogP contribution in [0, 0.1) is 6.92 Å². The second-order valence-corrected chi connectivity index (χ2v) is 8.83. The first kappa shape index (κ1) is 17.6. The van der Waals surface area contributed by atoms with Crippen LogP contribution >= 0.6 is 0 Å². The molecule has 2 aromatic heterocycles. The van der Waals surface area contributed by atoms with Gasteiger partial charge in [0, 0.05) is 6.20 Å². The highest BCUT2D eigenvalue weighted by Gasteiger charge is 2.37. The second kappa shape index (κ2) is 5.62. The fourth-order valence-electron chi connectivity index (χ4n) is 4.04. The summed E-state index contributed by atoms with van der Waals surface area (Å²) in [6.45, 7) is 11.3. The zero-order chi connectivity index (χ0) is 19.6. The van der Waals surface area contributed by atoms with Crippen molar-refractivity contribution in [2.75, 3.05) is 0 Å². The fraction of sp³-hybridized carbons (Fsp3) is 0.429. The summed E-state index contributed by atoms with van der Waals surface area (Å²) in [6.07, 6.45) is 3.65. The Morgan fingerprint density at radius 1 is 1.07 bits per heavy atom. The number of benzene rings is 1. The van der Waals surface area contributed by atoms with Crippen LogP contribution in [0.15, 0.2) is 24.4 Å². The molecule has 4 rings (SSSR count). The van der Waals surface area contributed by atoms with Crippen LogP contribution in [0.3, 0.4) is 0 Å². The molecule has 1 aliphatic rings. The minimum absolute atomic E-state index is 0.0909. The van der Waals surface area contributed by atoms with E-state index in [1.165, 1.54) is 23.4 Å². The Balaban J connectivity index is 1.93. The molecule has 1 aromatic carbocycles. The maximum Gasteiger partial charge on any atom is 0.337 e. The predicted molar refractivity (Wildman–Crippen MR) is 104 cm³/mol. The first-order chi connectivity index (χ1) is 12.6. The summed E-state index contributed by atoms with van der Waals surface area (Å²) < 4.78 is 1.72. The number of carboxylic acid groups (broad SMARTS) is 1. The minimum atomic E-state index is -1.02. The van der Waals surface area contributed by atoms with Crippen LogP contribution in [0.5, 0.6) is 0 Å². The van der Waals surface area contributed by atoms with Crippen LogP contribution in [0.25, 0.3) is 16.9 Å². The predicted octanol–water partition coefficient (Wildman–Crippen LogP) is 4.17. The van der Waals surface area contributed by atoms with E-state index in [0.717, 1.165) is 24.1 Å². The zero-order valence-corrected chi connectivity index (χ0v) is 16.4. The summed E-state index contributed by atoms with van der Waals surface area (Å²) in [5.74, 6) is -1.02. The number of hydrogen-bond donors (Lipinski definition) is 1. The fourth-order valence-corrected chi connectivity index (χ4v) is 4.04. The Morgan fingerprint density at radius 2 is 1.70 bits per heavy atom. The van der Waals surface area contributed by atoms with E-state index >= 15 is 0 Å². The van der Waals surface area contributed by atoms with Crippen LogP contribution in [-0.2, 0) is 10.8 Å². The molecule has 140 valence electrons. The van der Waals surface area contributed by atoms with E-state index in [1.54, 1.807) is 4.68 Å². The van der Waals surface area contributed by atoms with E-state index in [4.69, 9.17) is 5.11 Å². The quantitative estimate of drug-likeness (QED) is 0.738. The topological polar surface area (TPSA) is 80.9 Å². The third-order valence-electron chi connectivity index (χ3n) is 5.93. The molecule has 0 spiro atoms. The highest BCUT2D eigenvalue weighted by Crippen LogP contribution is 2.47. The average Bonchev–Trinajstić information content (AvgIpc) is 3.01. The van der Waals surface area contributed by atoms with E-state index in [-0.39, 0.29) is 16.4 Å². The molecule has 0 atom stereocenters. The molecule has 27 heavy (non-hydrogen) atoms. The molecule has 0 unspecified atom stereocenters. The standard InChI is InChI=1S/C21H24N4O2/c1-12-8-14-15(21(4,5)7-6-20(14,2)3)10-17(12)25-18-16(23-24-25)9-13(11-22-18)19(26)27/h8-11H,6-7H2,1-5H3,(H,26,27). The van der Waals surface area contributed by atoms with E-state index < -0.39 is 5.97 Å². The first-order valence-corrected chi connectivity index (χ1v) is 9.21. The monoisotopic (exact) mass is 364 g/mol. The number of fused-ring (bicyclic) bond motifs is 2. The highest BCUT2D eigenvalue weighted by molar-refractivity contribution is 5.90. The second-order valence-electron chi connectivity index (χ2n) is 8.83. The van der Waals surface area contributed by atoms with Gasteiger partial charge in [0.05, 0.1) is 11.3 Å². The average molecular weight is 364 g/mol. The number of carbonyl (C=O) groups is 1. The Bertz CT molecular complexity index is 1080. The molecule has 6 heteroatoms. The summed E-state index contributed by atoms with van der Waals surface area (Å²) in [6, 6.07) is 5.99. The third kappa shape index (κ3) is 2.71. The molecule has 2 heterocycles. The molecule has 3 aromatic rings. The number of pyridine rings is 1. The van der Waals surface area contributed by atoms with Crippen molar-refractivity contribution in [3.63, 3.8) is 0 Å². The van der Waals surface area contributed by atoms with Crippen molar-refractivity contribution >= 4 is 17.1 Å². The molecule has 0 fully saturated rings. The summed E-state index contributed by atoms with van der Waals surface area (Å²) in [5.41, 5.74) is 6.17. The maximum atomic E-state index is 11.2. The van der Waals surface area contributed by atoms with Crippen LogP contribution in [-0.4, -0.2) is 31.1 Å². The van der Waals surface area contributed by atoms with Crippen molar-refractivity contribution < 1.29 is 9.90 Å². The summed E-state index contributed by atoms with van der Waals surface area (Å²) in [4.78, 5) is 15.5. The van der Waals surface area contributed by atoms with E-state index in [0.29, 0.717) is 11.2 Å². The molecular weight excluding hydrogens is 340 g/mol. The van der Waals surface area contributed by atoms with Gasteiger partial charge in [0.2, 0.25) is 0 Å². The van der Waals surface area contributed by atoms with Gasteiger partial charge in [0.1, 0.15) is 5.52 Å². The molecule has 6 nitrogen and oxygen atoms in total. The van der Waals surface area contributed by atoms with E-state index in [2.05, 4.69) is 62.0 Å². The number of nitrogens with zero attached hydrogens (tertiary/aromatic N) is 4. The lowest BCUT2D eigenvalue weighted by molar-refractivity contribution is 0.0696. The van der Waals surface area contributed by atoms with Gasteiger partial charge in [0.25, 0.3) is 0 Å². The largest absolute Gasteiger partial charge is 0.478 e. The van der Waals surface area contributed by atoms with E-state index in [9.17, 15) is 4.79 Å². The van der Waals surface area contributed by atoms with Crippen molar-refractivity contribution in [3.8, 4) is 5.69 Å². The molecule has 0 radical (unpaired) electrons. The molecular formula is C21H24N4O2. The van der Waals surface area contributed by atoms with Crippen molar-refractivity contribution in [2.45, 2.75) is 58.3 Å². The Morgan fingerprint density at radius 3 is 2.33 bits per heavy atom. The number of aryl methyl sites for hydroxylation is 1. The number of aromatic nitrogens is 4. The zero-order valence-electron chi connectivity index (χ0n) is 16.4. The first-order valence-electron chi connectivity index (χ1n) is 9.21. The number of hydrogen-bond acceptors (Lipinski definition) is 4. The van der Waals surface area contributed by atoms with Gasteiger partial charge in [-0.15, -0.1) is 5.10 Å². The summed E-state index contributed by atoms with van der Waals surface area (Å²) >= 11 is 0. The third-order valence-corrected chi connectivity index (χ3v) is 5.93. The Labute approximate surface area is 158 Å². The van der Waals surface area contributed by atoms with Crippen molar-refractivity contribution in [1.29, 1.82) is 0 Å². The number of aromatic carboxylic acids is 1. The van der Waals surface area contributed by atoms with Gasteiger partial charge >= 0.3 is 5.97 Å². The van der Waals surface area contributed by atoms with Gasteiger partial charge < -0.3 is 5.11 Å². The Kier molecular flexibility index (Phi) is 3.67. The lowest BCUT2D eigenvalue weighted by atomic mass is 9.63. The van der Waals surface area contributed by atoms with Crippen LogP contribution in [0.2, 0.25) is 0 Å². The van der Waals surface area contributed by atoms with Gasteiger partial charge in [-0.3, -0.25) is 0 Å². The van der Waals surface area contributed by atoms with Gasteiger partial charge in [-0.1, -0.05) is 39.0 Å².